The fourth-order valence-electron chi connectivity index (χ4n) is 8.18. The van der Waals surface area contributed by atoms with Crippen molar-refractivity contribution in [2.24, 2.45) is 11.7 Å². The van der Waals surface area contributed by atoms with Gasteiger partial charge in [0.05, 0.1) is 34.2 Å². The quantitative estimate of drug-likeness (QED) is 0.137. The lowest BCUT2D eigenvalue weighted by molar-refractivity contribution is 0.208. The Bertz CT molecular complexity index is 2920. The highest BCUT2D eigenvalue weighted by atomic mass is 16.3. The van der Waals surface area contributed by atoms with Crippen LogP contribution in [-0.4, -0.2) is 26.4 Å². The molecule has 0 amide bonds. The predicted molar refractivity (Wildman–Crippen MR) is 242 cm³/mol. The number of hydrogen-bond acceptors (Lipinski definition) is 2. The van der Waals surface area contributed by atoms with Gasteiger partial charge in [-0.3, -0.25) is 0 Å². The Hall–Kier alpha value is -6.72. The Morgan fingerprint density at radius 2 is 1.28 bits per heavy atom. The minimum absolute atomic E-state index is 0.386. The smallest absolute Gasteiger partial charge is 0.0911 e. The Morgan fingerprint density at radius 3 is 2.00 bits per heavy atom. The van der Waals surface area contributed by atoms with Crippen LogP contribution in [0.5, 0.6) is 0 Å². The van der Waals surface area contributed by atoms with Crippen LogP contribution in [0.15, 0.2) is 206 Å². The van der Waals surface area contributed by atoms with Gasteiger partial charge in [0.2, 0.25) is 0 Å². The summed E-state index contributed by atoms with van der Waals surface area (Å²) in [7, 11) is 0. The Labute approximate surface area is 333 Å². The molecule has 0 radical (unpaired) electrons. The summed E-state index contributed by atoms with van der Waals surface area (Å²) in [4.78, 5) is 0. The summed E-state index contributed by atoms with van der Waals surface area (Å²) in [5.74, 6) is 0.386. The zero-order chi connectivity index (χ0) is 38.7. The van der Waals surface area contributed by atoms with Gasteiger partial charge in [-0.2, -0.15) is 0 Å². The highest BCUT2D eigenvalue weighted by Crippen LogP contribution is 2.37. The molecule has 2 aromatic heterocycles. The highest BCUT2D eigenvalue weighted by molar-refractivity contribution is 6.12. The molecule has 4 heteroatoms. The monoisotopic (exact) mass is 739 g/mol. The van der Waals surface area contributed by atoms with Crippen molar-refractivity contribution in [3.8, 4) is 16.8 Å². The molecule has 278 valence electrons. The fourth-order valence-corrected chi connectivity index (χ4v) is 8.18. The summed E-state index contributed by atoms with van der Waals surface area (Å²) in [6, 6.07) is 51.1. The first-order chi connectivity index (χ1) is 28.0. The Balaban J connectivity index is 1.07. The third-order valence-corrected chi connectivity index (χ3v) is 11.2. The van der Waals surface area contributed by atoms with Crippen LogP contribution < -0.4 is 5.73 Å². The average molecular weight is 740 g/mol. The second-order valence-corrected chi connectivity index (χ2v) is 14.9. The molecule has 0 spiro atoms. The lowest BCUT2D eigenvalue weighted by Crippen LogP contribution is -2.31. The normalized spacial score (nSPS) is 16.2. The standard InChI is InChI=1S/C53H45N3O/c1-37(38-17-5-2-6-18-38)16-15-27-53(57)48(54)36-42(39-19-7-3-8-20-39)32-33-55-49-25-13-11-23-44(49)46-34-40(28-30-50(46)55)41-29-31-52-47(35-41)45-24-12-14-26-51(45)56(52)43-21-9-4-10-22-43/h2-17,19-36,38,48,53,57H,18,54H2,1H3/b27-15-,33-32+,37-16+,42-36+. The molecule has 2 heterocycles. The van der Waals surface area contributed by atoms with Gasteiger partial charge in [0.25, 0.3) is 0 Å². The second kappa shape index (κ2) is 15.8. The van der Waals surface area contributed by atoms with E-state index in [0.717, 1.165) is 34.3 Å². The third-order valence-electron chi connectivity index (χ3n) is 11.2. The summed E-state index contributed by atoms with van der Waals surface area (Å²) in [6.45, 7) is 2.13. The van der Waals surface area contributed by atoms with Crippen LogP contribution in [0.1, 0.15) is 18.9 Å². The van der Waals surface area contributed by atoms with Gasteiger partial charge < -0.3 is 20.0 Å². The molecule has 8 aromatic rings. The molecule has 3 unspecified atom stereocenters. The van der Waals surface area contributed by atoms with Crippen molar-refractivity contribution < 1.29 is 5.11 Å². The van der Waals surface area contributed by atoms with Crippen molar-refractivity contribution in [3.63, 3.8) is 0 Å². The van der Waals surface area contributed by atoms with Crippen molar-refractivity contribution in [1.82, 2.24) is 9.13 Å². The second-order valence-electron chi connectivity index (χ2n) is 14.9. The number of hydrogen-bond donors (Lipinski definition) is 2. The Kier molecular flexibility index (Phi) is 9.96. The van der Waals surface area contributed by atoms with Gasteiger partial charge in [0.15, 0.2) is 0 Å². The summed E-state index contributed by atoms with van der Waals surface area (Å²) >= 11 is 0. The maximum absolute atomic E-state index is 11.1. The fraction of sp³-hybridized carbons (Fsp3) is 0.0943. The van der Waals surface area contributed by atoms with Gasteiger partial charge in [0, 0.05) is 39.4 Å². The summed E-state index contributed by atoms with van der Waals surface area (Å²) in [5, 5.41) is 16.0. The molecule has 0 aliphatic heterocycles. The van der Waals surface area contributed by atoms with Crippen molar-refractivity contribution in [1.29, 1.82) is 0 Å². The van der Waals surface area contributed by atoms with E-state index in [1.54, 1.807) is 6.08 Å². The first kappa shape index (κ1) is 35.9. The van der Waals surface area contributed by atoms with Crippen molar-refractivity contribution >= 4 is 55.4 Å². The molecule has 1 aliphatic rings. The molecule has 0 fully saturated rings. The van der Waals surface area contributed by atoms with E-state index >= 15 is 0 Å². The molecule has 4 nitrogen and oxygen atoms in total. The number of benzene rings is 6. The van der Waals surface area contributed by atoms with Crippen molar-refractivity contribution in [2.75, 3.05) is 0 Å². The van der Waals surface area contributed by atoms with Crippen LogP contribution in [0.25, 0.3) is 72.2 Å². The van der Waals surface area contributed by atoms with Crippen LogP contribution in [0, 0.1) is 5.92 Å². The lowest BCUT2D eigenvalue weighted by atomic mass is 9.93. The minimum Gasteiger partial charge on any atom is -0.387 e. The van der Waals surface area contributed by atoms with Crippen LogP contribution in [-0.2, 0) is 0 Å². The number of aliphatic hydroxyl groups is 1. The van der Waals surface area contributed by atoms with Crippen molar-refractivity contribution in [2.45, 2.75) is 25.5 Å². The van der Waals surface area contributed by atoms with E-state index in [1.165, 1.54) is 49.3 Å². The Morgan fingerprint density at radius 1 is 0.684 bits per heavy atom. The molecule has 0 saturated heterocycles. The van der Waals surface area contributed by atoms with Gasteiger partial charge in [0.1, 0.15) is 0 Å². The van der Waals surface area contributed by atoms with Gasteiger partial charge in [-0.15, -0.1) is 0 Å². The SMILES string of the molecule is C/C(=C\C=C/C(O)C(N)/C=C(\C=C\n1c2ccccc2c2cc(-c3ccc4c(c3)c3ccccc3n4-c3ccccc3)ccc21)c1ccccc1)C1C=CC=CC1. The summed E-state index contributed by atoms with van der Waals surface area (Å²) in [6.07, 6.45) is 20.7. The first-order valence-electron chi connectivity index (χ1n) is 19.7. The topological polar surface area (TPSA) is 56.1 Å². The molecular formula is C53H45N3O. The van der Waals surface area contributed by atoms with Crippen molar-refractivity contribution in [3.05, 3.63) is 211 Å². The number of aromatic nitrogens is 2. The number of fused-ring (bicyclic) bond motifs is 6. The van der Waals surface area contributed by atoms with Gasteiger partial charge in [-0.1, -0.05) is 151 Å². The molecule has 3 N–H and O–H groups in total. The number of nitrogens with two attached hydrogens (primary N) is 1. The molecule has 6 aromatic carbocycles. The molecule has 0 saturated carbocycles. The zero-order valence-corrected chi connectivity index (χ0v) is 32.0. The maximum atomic E-state index is 11.1. The number of nitrogens with zero attached hydrogens (tertiary/aromatic N) is 2. The van der Waals surface area contributed by atoms with Gasteiger partial charge in [-0.25, -0.2) is 0 Å². The summed E-state index contributed by atoms with van der Waals surface area (Å²) < 4.78 is 4.61. The van der Waals surface area contributed by atoms with E-state index in [2.05, 4.69) is 186 Å². The largest absolute Gasteiger partial charge is 0.387 e. The van der Waals surface area contributed by atoms with E-state index in [4.69, 9.17) is 5.73 Å². The van der Waals surface area contributed by atoms with Gasteiger partial charge >= 0.3 is 0 Å². The zero-order valence-electron chi connectivity index (χ0n) is 32.0. The van der Waals surface area contributed by atoms with Crippen LogP contribution in [0.4, 0.5) is 0 Å². The number of aliphatic hydroxyl groups excluding tert-OH is 1. The van der Waals surface area contributed by atoms with Gasteiger partial charge in [-0.05, 0) is 90.2 Å². The van der Waals surface area contributed by atoms with E-state index in [1.807, 2.05) is 30.4 Å². The number of allylic oxidation sites excluding steroid dienone is 9. The molecule has 57 heavy (non-hydrogen) atoms. The molecule has 3 atom stereocenters. The molecular weight excluding hydrogens is 695 g/mol. The van der Waals surface area contributed by atoms with Crippen LogP contribution in [0.3, 0.4) is 0 Å². The van der Waals surface area contributed by atoms with E-state index in [9.17, 15) is 5.11 Å². The third kappa shape index (κ3) is 7.13. The van der Waals surface area contributed by atoms with E-state index in [0.29, 0.717) is 5.92 Å². The highest BCUT2D eigenvalue weighted by Gasteiger charge is 2.16. The summed E-state index contributed by atoms with van der Waals surface area (Å²) in [5.41, 5.74) is 18.0. The number of rotatable bonds is 10. The average Bonchev–Trinajstić information content (AvgIpc) is 3.77. The molecule has 1 aliphatic carbocycles. The molecule has 0 bridgehead atoms. The first-order valence-corrected chi connectivity index (χ1v) is 19.7. The minimum atomic E-state index is -0.844. The lowest BCUT2D eigenvalue weighted by Gasteiger charge is -2.15. The van der Waals surface area contributed by atoms with Crippen LogP contribution >= 0.6 is 0 Å². The van der Waals surface area contributed by atoms with E-state index in [-0.39, 0.29) is 0 Å². The predicted octanol–water partition coefficient (Wildman–Crippen LogP) is 12.4. The number of para-hydroxylation sites is 3. The molecule has 9 rings (SSSR count). The van der Waals surface area contributed by atoms with Crippen LogP contribution in [0.2, 0.25) is 0 Å². The maximum Gasteiger partial charge on any atom is 0.0911 e. The van der Waals surface area contributed by atoms with E-state index < -0.39 is 12.1 Å².